The molecule has 3 rings (SSSR count). The Kier molecular flexibility index (Phi) is 2.64. The maximum absolute atomic E-state index is 2.36. The van der Waals surface area contributed by atoms with Gasteiger partial charge in [0.2, 0.25) is 0 Å². The summed E-state index contributed by atoms with van der Waals surface area (Å²) < 4.78 is 1.01. The Morgan fingerprint density at radius 1 is 1.12 bits per heavy atom. The number of hydrogen-bond acceptors (Lipinski definition) is 0. The molecular formula is C16H20N+. The van der Waals surface area contributed by atoms with Crippen molar-refractivity contribution in [1.82, 2.24) is 0 Å². The third-order valence-corrected chi connectivity index (χ3v) is 4.11. The van der Waals surface area contributed by atoms with Crippen LogP contribution in [0.1, 0.15) is 31.4 Å². The highest BCUT2D eigenvalue weighted by atomic mass is 15.4. The van der Waals surface area contributed by atoms with Gasteiger partial charge in [0.25, 0.3) is 0 Å². The van der Waals surface area contributed by atoms with Gasteiger partial charge in [0, 0.05) is 11.5 Å². The summed E-state index contributed by atoms with van der Waals surface area (Å²) in [5.41, 5.74) is 1.49. The van der Waals surface area contributed by atoms with Gasteiger partial charge in [-0.05, 0) is 31.9 Å². The van der Waals surface area contributed by atoms with E-state index in [9.17, 15) is 0 Å². The van der Waals surface area contributed by atoms with Crippen molar-refractivity contribution in [3.05, 3.63) is 60.4 Å². The van der Waals surface area contributed by atoms with Crippen LogP contribution in [0.25, 0.3) is 0 Å². The fraction of sp³-hybridized carbons (Fsp3) is 0.375. The maximum atomic E-state index is 2.36. The van der Waals surface area contributed by atoms with E-state index < -0.39 is 0 Å². The molecule has 1 aliphatic carbocycles. The second-order valence-corrected chi connectivity index (χ2v) is 5.19. The van der Waals surface area contributed by atoms with Gasteiger partial charge in [0.15, 0.2) is 0 Å². The minimum Gasteiger partial charge on any atom is -0.265 e. The third-order valence-electron chi connectivity index (χ3n) is 4.11. The Labute approximate surface area is 104 Å². The number of quaternary nitrogens is 1. The maximum Gasteiger partial charge on any atom is 0.126 e. The fourth-order valence-electron chi connectivity index (χ4n) is 3.07. The first-order chi connectivity index (χ1) is 8.36. The molecule has 0 amide bonds. The largest absolute Gasteiger partial charge is 0.265 e. The lowest BCUT2D eigenvalue weighted by Crippen LogP contribution is -2.40. The van der Waals surface area contributed by atoms with Crippen LogP contribution in [-0.2, 0) is 0 Å². The van der Waals surface area contributed by atoms with Crippen LogP contribution in [-0.4, -0.2) is 11.0 Å². The first kappa shape index (κ1) is 10.8. The van der Waals surface area contributed by atoms with E-state index in [1.54, 1.807) is 0 Å². The summed E-state index contributed by atoms with van der Waals surface area (Å²) >= 11 is 0. The summed E-state index contributed by atoms with van der Waals surface area (Å²) in [6, 6.07) is 11.6. The predicted octanol–water partition coefficient (Wildman–Crippen LogP) is 4.02. The zero-order valence-electron chi connectivity index (χ0n) is 10.4. The molecule has 1 saturated carbocycles. The van der Waals surface area contributed by atoms with E-state index in [0.29, 0.717) is 6.04 Å². The van der Waals surface area contributed by atoms with Gasteiger partial charge in [-0.1, -0.05) is 30.3 Å². The highest BCUT2D eigenvalue weighted by Gasteiger charge is 2.45. The summed E-state index contributed by atoms with van der Waals surface area (Å²) in [5.74, 6) is 0.866. The molecule has 1 nitrogen and oxygen atoms in total. The lowest BCUT2D eigenvalue weighted by molar-refractivity contribution is -0.859. The molecule has 1 aromatic rings. The summed E-state index contributed by atoms with van der Waals surface area (Å²) in [7, 11) is 0. The van der Waals surface area contributed by atoms with E-state index in [-0.39, 0.29) is 0 Å². The summed E-state index contributed by atoms with van der Waals surface area (Å²) in [6.07, 6.45) is 11.9. The van der Waals surface area contributed by atoms with Gasteiger partial charge < -0.3 is 0 Å². The molecule has 0 N–H and O–H groups in total. The molecule has 0 spiro atoms. The highest BCUT2D eigenvalue weighted by Crippen LogP contribution is 2.49. The minimum absolute atomic E-state index is 0.621. The number of benzene rings is 1. The van der Waals surface area contributed by atoms with Crippen LogP contribution in [0.4, 0.5) is 0 Å². The van der Waals surface area contributed by atoms with E-state index in [0.717, 1.165) is 16.9 Å². The van der Waals surface area contributed by atoms with Gasteiger partial charge in [0.05, 0.1) is 6.54 Å². The third kappa shape index (κ3) is 1.85. The molecule has 1 aromatic carbocycles. The Morgan fingerprint density at radius 3 is 2.29 bits per heavy atom. The van der Waals surface area contributed by atoms with E-state index in [4.69, 9.17) is 0 Å². The quantitative estimate of drug-likeness (QED) is 0.680. The highest BCUT2D eigenvalue weighted by molar-refractivity contribution is 5.21. The van der Waals surface area contributed by atoms with Crippen molar-refractivity contribution < 1.29 is 4.48 Å². The molecule has 2 aliphatic rings. The van der Waals surface area contributed by atoms with Gasteiger partial charge in [-0.25, -0.2) is 0 Å². The van der Waals surface area contributed by atoms with Crippen molar-refractivity contribution in [2.75, 3.05) is 6.54 Å². The van der Waals surface area contributed by atoms with Crippen molar-refractivity contribution in [3.63, 3.8) is 0 Å². The molecule has 1 heteroatoms. The van der Waals surface area contributed by atoms with E-state index >= 15 is 0 Å². The lowest BCUT2D eigenvalue weighted by atomic mass is 9.98. The van der Waals surface area contributed by atoms with Crippen molar-refractivity contribution in [2.45, 2.75) is 25.8 Å². The summed E-state index contributed by atoms with van der Waals surface area (Å²) in [5, 5.41) is 0. The summed E-state index contributed by atoms with van der Waals surface area (Å²) in [4.78, 5) is 0. The molecule has 0 saturated heterocycles. The smallest absolute Gasteiger partial charge is 0.126 e. The van der Waals surface area contributed by atoms with Crippen LogP contribution in [0, 0.1) is 5.92 Å². The standard InChI is InChI=1S/C16H20N/c1-2-17(12-6-7-13-17)16(15-10-11-15)14-8-4-3-5-9-14/h3-9,12-13,15-16H,2,10-11H2,1H3/q+1. The molecule has 1 unspecified atom stereocenters. The second-order valence-electron chi connectivity index (χ2n) is 5.19. The van der Waals surface area contributed by atoms with Crippen molar-refractivity contribution in [3.8, 4) is 0 Å². The van der Waals surface area contributed by atoms with E-state index in [2.05, 4.69) is 61.8 Å². The molecule has 88 valence electrons. The molecule has 0 aromatic heterocycles. The Bertz CT molecular complexity index is 428. The fourth-order valence-corrected chi connectivity index (χ4v) is 3.07. The number of hydrogen-bond donors (Lipinski definition) is 0. The van der Waals surface area contributed by atoms with Crippen LogP contribution in [0.3, 0.4) is 0 Å². The zero-order chi connectivity index (χ0) is 11.7. The van der Waals surface area contributed by atoms with E-state index in [1.165, 1.54) is 18.4 Å². The molecule has 0 bridgehead atoms. The van der Waals surface area contributed by atoms with Crippen molar-refractivity contribution in [2.24, 2.45) is 5.92 Å². The number of allylic oxidation sites excluding steroid dienone is 2. The zero-order valence-corrected chi connectivity index (χ0v) is 10.4. The number of rotatable bonds is 4. The van der Waals surface area contributed by atoms with Crippen LogP contribution in [0.5, 0.6) is 0 Å². The molecule has 1 heterocycles. The van der Waals surface area contributed by atoms with Crippen LogP contribution in [0.15, 0.2) is 54.9 Å². The van der Waals surface area contributed by atoms with Gasteiger partial charge >= 0.3 is 0 Å². The van der Waals surface area contributed by atoms with Crippen molar-refractivity contribution >= 4 is 0 Å². The minimum atomic E-state index is 0.621. The predicted molar refractivity (Wildman–Crippen MR) is 71.0 cm³/mol. The van der Waals surface area contributed by atoms with Crippen LogP contribution < -0.4 is 0 Å². The SMILES string of the molecule is CC[N+]1(C(c2ccccc2)C2CC2)C=CC=C1. The average Bonchev–Trinajstić information content (AvgIpc) is 3.08. The first-order valence-corrected chi connectivity index (χ1v) is 6.65. The van der Waals surface area contributed by atoms with Gasteiger partial charge in [-0.2, -0.15) is 0 Å². The molecule has 17 heavy (non-hydrogen) atoms. The van der Waals surface area contributed by atoms with Gasteiger partial charge in [0.1, 0.15) is 18.4 Å². The number of nitrogens with zero attached hydrogens (tertiary/aromatic N) is 1. The molecule has 1 atom stereocenters. The topological polar surface area (TPSA) is 0 Å². The van der Waals surface area contributed by atoms with E-state index in [1.807, 2.05) is 0 Å². The molecular weight excluding hydrogens is 206 g/mol. The molecule has 1 aliphatic heterocycles. The van der Waals surface area contributed by atoms with Gasteiger partial charge in [-0.15, -0.1) is 0 Å². The molecule has 0 radical (unpaired) electrons. The first-order valence-electron chi connectivity index (χ1n) is 6.65. The van der Waals surface area contributed by atoms with Crippen molar-refractivity contribution in [1.29, 1.82) is 0 Å². The second kappa shape index (κ2) is 4.15. The lowest BCUT2D eigenvalue weighted by Gasteiger charge is -2.37. The Hall–Kier alpha value is -1.34. The Balaban J connectivity index is 2.01. The van der Waals surface area contributed by atoms with Gasteiger partial charge in [-0.3, -0.25) is 4.48 Å². The Morgan fingerprint density at radius 2 is 1.76 bits per heavy atom. The normalized spacial score (nSPS) is 22.9. The summed E-state index contributed by atoms with van der Waals surface area (Å²) in [6.45, 7) is 3.43. The molecule has 1 fully saturated rings. The van der Waals surface area contributed by atoms with Crippen LogP contribution in [0.2, 0.25) is 0 Å². The van der Waals surface area contributed by atoms with Crippen LogP contribution >= 0.6 is 0 Å². The average molecular weight is 226 g/mol. The monoisotopic (exact) mass is 226 g/mol.